The van der Waals surface area contributed by atoms with Gasteiger partial charge in [-0.1, -0.05) is 12.1 Å². The maximum absolute atomic E-state index is 12.6. The second-order valence-electron chi connectivity index (χ2n) is 7.16. The zero-order valence-electron chi connectivity index (χ0n) is 17.2. The second kappa shape index (κ2) is 11.4. The molecule has 0 atom stereocenters. The Morgan fingerprint density at radius 3 is 2.20 bits per heavy atom. The standard InChI is InChI=1S/C18H28F3N5O2S.HI/c1-22-17(23-12-14-4-6-16(7-5-14)25(2)3)24-13-15-8-10-26(11-9-15)29(27,28)18(19,20)21;/h4-7,15H,8-13H2,1-3H3,(H2,22,23,24);1H. The molecule has 0 aromatic heterocycles. The van der Waals surface area contributed by atoms with Crippen LogP contribution in [0.3, 0.4) is 0 Å². The van der Waals surface area contributed by atoms with Crippen molar-refractivity contribution < 1.29 is 21.6 Å². The van der Waals surface area contributed by atoms with Crippen molar-refractivity contribution in [3.63, 3.8) is 0 Å². The summed E-state index contributed by atoms with van der Waals surface area (Å²) in [6, 6.07) is 8.09. The van der Waals surface area contributed by atoms with E-state index in [1.54, 1.807) is 7.05 Å². The first-order valence-electron chi connectivity index (χ1n) is 9.32. The number of rotatable bonds is 6. The van der Waals surface area contributed by atoms with E-state index in [2.05, 4.69) is 15.6 Å². The highest BCUT2D eigenvalue weighted by Gasteiger charge is 2.50. The number of hydrogen-bond donors (Lipinski definition) is 2. The molecule has 0 amide bonds. The lowest BCUT2D eigenvalue weighted by Crippen LogP contribution is -2.47. The summed E-state index contributed by atoms with van der Waals surface area (Å²) in [4.78, 5) is 6.17. The molecule has 0 saturated carbocycles. The summed E-state index contributed by atoms with van der Waals surface area (Å²) in [6.07, 6.45) is 0.733. The van der Waals surface area contributed by atoms with Crippen molar-refractivity contribution in [2.45, 2.75) is 24.9 Å². The Hall–Kier alpha value is -1.28. The minimum atomic E-state index is -5.24. The van der Waals surface area contributed by atoms with Crippen LogP contribution in [0.25, 0.3) is 0 Å². The molecule has 1 fully saturated rings. The number of hydrogen-bond acceptors (Lipinski definition) is 4. The third-order valence-corrected chi connectivity index (χ3v) is 6.53. The Morgan fingerprint density at radius 1 is 1.17 bits per heavy atom. The number of alkyl halides is 3. The Morgan fingerprint density at radius 2 is 1.73 bits per heavy atom. The van der Waals surface area contributed by atoms with Gasteiger partial charge in [-0.15, -0.1) is 24.0 Å². The molecule has 0 radical (unpaired) electrons. The SMILES string of the molecule is CN=C(NCc1ccc(N(C)C)cc1)NCC1CCN(S(=O)(=O)C(F)(F)F)CC1.I. The zero-order chi connectivity index (χ0) is 21.7. The zero-order valence-corrected chi connectivity index (χ0v) is 20.4. The van der Waals surface area contributed by atoms with Crippen molar-refractivity contribution in [2.24, 2.45) is 10.9 Å². The van der Waals surface area contributed by atoms with Gasteiger partial charge in [-0.25, -0.2) is 8.42 Å². The molecule has 0 aliphatic carbocycles. The number of guanidine groups is 1. The van der Waals surface area contributed by atoms with Crippen LogP contribution in [-0.2, 0) is 16.6 Å². The van der Waals surface area contributed by atoms with Crippen molar-refractivity contribution in [1.82, 2.24) is 14.9 Å². The van der Waals surface area contributed by atoms with Gasteiger partial charge in [-0.05, 0) is 36.5 Å². The fourth-order valence-corrected chi connectivity index (χ4v) is 4.04. The fraction of sp³-hybridized carbons (Fsp3) is 0.611. The van der Waals surface area contributed by atoms with Gasteiger partial charge in [0.05, 0.1) is 0 Å². The summed E-state index contributed by atoms with van der Waals surface area (Å²) in [5.41, 5.74) is -3.05. The number of anilines is 1. The molecule has 1 heterocycles. The van der Waals surface area contributed by atoms with Crippen LogP contribution in [0, 0.1) is 5.92 Å². The van der Waals surface area contributed by atoms with E-state index in [-0.39, 0.29) is 43.0 Å². The lowest BCUT2D eigenvalue weighted by atomic mass is 9.98. The highest BCUT2D eigenvalue weighted by molar-refractivity contribution is 14.0. The average Bonchev–Trinajstić information content (AvgIpc) is 2.68. The van der Waals surface area contributed by atoms with Gasteiger partial charge in [0.15, 0.2) is 5.96 Å². The quantitative estimate of drug-likeness (QED) is 0.316. The molecular formula is C18H29F3IN5O2S. The number of halogens is 4. The monoisotopic (exact) mass is 563 g/mol. The van der Waals surface area contributed by atoms with Crippen molar-refractivity contribution >= 4 is 45.6 Å². The molecule has 12 heteroatoms. The van der Waals surface area contributed by atoms with E-state index in [9.17, 15) is 21.6 Å². The van der Waals surface area contributed by atoms with E-state index >= 15 is 0 Å². The molecular weight excluding hydrogens is 534 g/mol. The minimum absolute atomic E-state index is 0. The van der Waals surface area contributed by atoms with Crippen LogP contribution in [0.4, 0.5) is 18.9 Å². The number of sulfonamides is 1. The number of benzene rings is 1. The highest BCUT2D eigenvalue weighted by Crippen LogP contribution is 2.30. The van der Waals surface area contributed by atoms with E-state index in [1.165, 1.54) is 0 Å². The minimum Gasteiger partial charge on any atom is -0.378 e. The van der Waals surface area contributed by atoms with Crippen LogP contribution in [0.2, 0.25) is 0 Å². The van der Waals surface area contributed by atoms with E-state index in [1.807, 2.05) is 43.3 Å². The second-order valence-corrected chi connectivity index (χ2v) is 9.09. The van der Waals surface area contributed by atoms with Gasteiger partial charge in [0.1, 0.15) is 0 Å². The van der Waals surface area contributed by atoms with E-state index < -0.39 is 15.5 Å². The number of nitrogens with one attached hydrogen (secondary N) is 2. The molecule has 0 spiro atoms. The number of piperidine rings is 1. The van der Waals surface area contributed by atoms with Crippen LogP contribution in [0.5, 0.6) is 0 Å². The molecule has 7 nitrogen and oxygen atoms in total. The number of nitrogens with zero attached hydrogens (tertiary/aromatic N) is 3. The molecule has 0 unspecified atom stereocenters. The maximum Gasteiger partial charge on any atom is 0.511 e. The molecule has 1 aromatic rings. The molecule has 1 aromatic carbocycles. The summed E-state index contributed by atoms with van der Waals surface area (Å²) in [6.45, 7) is 0.839. The number of aliphatic imine (C=N–C) groups is 1. The van der Waals surface area contributed by atoms with Crippen LogP contribution in [0.1, 0.15) is 18.4 Å². The predicted octanol–water partition coefficient (Wildman–Crippen LogP) is 2.60. The highest BCUT2D eigenvalue weighted by atomic mass is 127. The molecule has 30 heavy (non-hydrogen) atoms. The van der Waals surface area contributed by atoms with Crippen LogP contribution in [0.15, 0.2) is 29.3 Å². The first kappa shape index (κ1) is 26.8. The normalized spacial score (nSPS) is 16.7. The summed E-state index contributed by atoms with van der Waals surface area (Å²) in [7, 11) is 0.358. The molecule has 2 N–H and O–H groups in total. The van der Waals surface area contributed by atoms with Gasteiger partial charge in [0.2, 0.25) is 0 Å². The van der Waals surface area contributed by atoms with Crippen molar-refractivity contribution in [1.29, 1.82) is 0 Å². The molecule has 0 bridgehead atoms. The topological polar surface area (TPSA) is 77.0 Å². The Labute approximate surface area is 193 Å². The van der Waals surface area contributed by atoms with Gasteiger partial charge in [-0.2, -0.15) is 17.5 Å². The molecule has 2 rings (SSSR count). The van der Waals surface area contributed by atoms with Crippen molar-refractivity contribution in [3.8, 4) is 0 Å². The first-order chi connectivity index (χ1) is 13.5. The van der Waals surface area contributed by atoms with E-state index in [4.69, 9.17) is 0 Å². The predicted molar refractivity (Wildman–Crippen MR) is 124 cm³/mol. The molecule has 1 aliphatic rings. The fourth-order valence-electron chi connectivity index (χ4n) is 3.06. The van der Waals surface area contributed by atoms with Gasteiger partial charge in [0, 0.05) is 53.0 Å². The third kappa shape index (κ3) is 7.15. The van der Waals surface area contributed by atoms with E-state index in [0.29, 0.717) is 36.2 Å². The lowest BCUT2D eigenvalue weighted by Gasteiger charge is -2.31. The molecule has 1 aliphatic heterocycles. The molecule has 1 saturated heterocycles. The van der Waals surface area contributed by atoms with Crippen molar-refractivity contribution in [2.75, 3.05) is 45.7 Å². The Bertz CT molecular complexity index is 793. The van der Waals surface area contributed by atoms with Gasteiger partial charge in [-0.3, -0.25) is 4.99 Å². The largest absolute Gasteiger partial charge is 0.511 e. The van der Waals surface area contributed by atoms with Crippen LogP contribution < -0.4 is 15.5 Å². The average molecular weight is 563 g/mol. The Kier molecular flexibility index (Phi) is 10.1. The lowest BCUT2D eigenvalue weighted by molar-refractivity contribution is -0.0496. The summed E-state index contributed by atoms with van der Waals surface area (Å²) >= 11 is 0. The smallest absolute Gasteiger partial charge is 0.378 e. The van der Waals surface area contributed by atoms with E-state index in [0.717, 1.165) is 11.3 Å². The van der Waals surface area contributed by atoms with Crippen molar-refractivity contribution in [3.05, 3.63) is 29.8 Å². The maximum atomic E-state index is 12.6. The third-order valence-electron chi connectivity index (χ3n) is 4.90. The summed E-state index contributed by atoms with van der Waals surface area (Å²) in [5, 5.41) is 6.36. The summed E-state index contributed by atoms with van der Waals surface area (Å²) < 4.78 is 61.3. The van der Waals surface area contributed by atoms with Crippen LogP contribution >= 0.6 is 24.0 Å². The Balaban J connectivity index is 0.00000450. The first-order valence-corrected chi connectivity index (χ1v) is 10.8. The van der Waals surface area contributed by atoms with Crippen LogP contribution in [-0.4, -0.2) is 65.0 Å². The summed E-state index contributed by atoms with van der Waals surface area (Å²) in [5.74, 6) is 0.666. The van der Waals surface area contributed by atoms with Gasteiger partial charge < -0.3 is 15.5 Å². The molecule has 172 valence electrons. The van der Waals surface area contributed by atoms with Gasteiger partial charge in [0.25, 0.3) is 0 Å². The van der Waals surface area contributed by atoms with Gasteiger partial charge >= 0.3 is 15.5 Å².